The van der Waals surface area contributed by atoms with E-state index in [0.717, 1.165) is 16.9 Å². The molecule has 6 heteroatoms. The van der Waals surface area contributed by atoms with E-state index < -0.39 is 0 Å². The zero-order valence-electron chi connectivity index (χ0n) is 14.3. The van der Waals surface area contributed by atoms with E-state index in [1.54, 1.807) is 11.0 Å². The van der Waals surface area contributed by atoms with Gasteiger partial charge in [0.05, 0.1) is 25.1 Å². The molecule has 1 aliphatic heterocycles. The van der Waals surface area contributed by atoms with Crippen LogP contribution in [0.15, 0.2) is 67.3 Å². The highest BCUT2D eigenvalue weighted by molar-refractivity contribution is 5.85. The topological polar surface area (TPSA) is 69.0 Å². The standard InChI is InChI=1S/C20H20N4O2/c25-20(17-10-11-26-19-9-5-4-8-16(17)19)23-18(12-24-14-21-13-22-24)15-6-2-1-3-7-15/h1-9,13-14,17-18H,10-12H2,(H,23,25)/t17-,18-/m0/s1. The van der Waals surface area contributed by atoms with Crippen LogP contribution in [0, 0.1) is 0 Å². The fraction of sp³-hybridized carbons (Fsp3) is 0.250. The molecular formula is C20H20N4O2. The lowest BCUT2D eigenvalue weighted by molar-refractivity contribution is -0.124. The predicted octanol–water partition coefficient (Wildman–Crippen LogP) is 2.70. The number of rotatable bonds is 5. The highest BCUT2D eigenvalue weighted by atomic mass is 16.5. The van der Waals surface area contributed by atoms with Gasteiger partial charge in [-0.2, -0.15) is 5.10 Å². The Morgan fingerprint density at radius 1 is 1.19 bits per heavy atom. The lowest BCUT2D eigenvalue weighted by atomic mass is 9.91. The van der Waals surface area contributed by atoms with E-state index in [2.05, 4.69) is 15.4 Å². The van der Waals surface area contributed by atoms with Crippen molar-refractivity contribution in [3.8, 4) is 5.75 Å². The van der Waals surface area contributed by atoms with Gasteiger partial charge in [-0.25, -0.2) is 4.98 Å². The minimum Gasteiger partial charge on any atom is -0.493 e. The number of nitrogens with one attached hydrogen (secondary N) is 1. The maximum Gasteiger partial charge on any atom is 0.228 e. The molecule has 1 aliphatic rings. The monoisotopic (exact) mass is 348 g/mol. The molecular weight excluding hydrogens is 328 g/mol. The molecule has 6 nitrogen and oxygen atoms in total. The lowest BCUT2D eigenvalue weighted by Gasteiger charge is -2.27. The van der Waals surface area contributed by atoms with Gasteiger partial charge >= 0.3 is 0 Å². The second kappa shape index (κ2) is 7.39. The van der Waals surface area contributed by atoms with Crippen LogP contribution in [0.5, 0.6) is 5.75 Å². The maximum atomic E-state index is 13.1. The lowest BCUT2D eigenvalue weighted by Crippen LogP contribution is -2.36. The van der Waals surface area contributed by atoms with Gasteiger partial charge in [-0.05, 0) is 18.1 Å². The van der Waals surface area contributed by atoms with Gasteiger partial charge in [-0.3, -0.25) is 9.48 Å². The summed E-state index contributed by atoms with van der Waals surface area (Å²) < 4.78 is 7.41. The summed E-state index contributed by atoms with van der Waals surface area (Å²) in [6.45, 7) is 1.08. The van der Waals surface area contributed by atoms with Gasteiger partial charge in [0, 0.05) is 5.56 Å². The average Bonchev–Trinajstić information content (AvgIpc) is 3.21. The average molecular weight is 348 g/mol. The zero-order valence-corrected chi connectivity index (χ0v) is 14.3. The summed E-state index contributed by atoms with van der Waals surface area (Å²) in [5, 5.41) is 7.37. The summed E-state index contributed by atoms with van der Waals surface area (Å²) in [5.74, 6) is 0.600. The van der Waals surface area contributed by atoms with Crippen molar-refractivity contribution in [3.63, 3.8) is 0 Å². The Morgan fingerprint density at radius 3 is 2.81 bits per heavy atom. The minimum atomic E-state index is -0.207. The number of nitrogens with zero attached hydrogens (tertiary/aromatic N) is 3. The Kier molecular flexibility index (Phi) is 4.64. The number of amides is 1. The number of carbonyl (C=O) groups excluding carboxylic acids is 1. The third-order valence-corrected chi connectivity index (χ3v) is 4.63. The Balaban J connectivity index is 1.57. The molecule has 0 unspecified atom stereocenters. The van der Waals surface area contributed by atoms with Crippen LogP contribution < -0.4 is 10.1 Å². The van der Waals surface area contributed by atoms with Gasteiger partial charge in [0.2, 0.25) is 5.91 Å². The van der Waals surface area contributed by atoms with Crippen molar-refractivity contribution in [2.24, 2.45) is 0 Å². The molecule has 26 heavy (non-hydrogen) atoms. The first-order valence-electron chi connectivity index (χ1n) is 8.71. The first-order valence-corrected chi connectivity index (χ1v) is 8.71. The molecule has 0 fully saturated rings. The van der Waals surface area contributed by atoms with E-state index in [4.69, 9.17) is 4.74 Å². The Bertz CT molecular complexity index is 865. The maximum absolute atomic E-state index is 13.1. The van der Waals surface area contributed by atoms with Crippen molar-refractivity contribution >= 4 is 5.91 Å². The van der Waals surface area contributed by atoms with Crippen LogP contribution in [0.25, 0.3) is 0 Å². The van der Waals surface area contributed by atoms with Crippen molar-refractivity contribution < 1.29 is 9.53 Å². The van der Waals surface area contributed by atoms with Crippen LogP contribution >= 0.6 is 0 Å². The third kappa shape index (κ3) is 3.44. The van der Waals surface area contributed by atoms with E-state index in [-0.39, 0.29) is 17.9 Å². The molecule has 1 N–H and O–H groups in total. The van der Waals surface area contributed by atoms with E-state index in [9.17, 15) is 4.79 Å². The van der Waals surface area contributed by atoms with E-state index in [1.807, 2.05) is 54.6 Å². The largest absolute Gasteiger partial charge is 0.493 e. The summed E-state index contributed by atoms with van der Waals surface area (Å²) in [6, 6.07) is 17.5. The molecule has 2 aromatic carbocycles. The van der Waals surface area contributed by atoms with E-state index >= 15 is 0 Å². The number of aromatic nitrogens is 3. The number of para-hydroxylation sites is 1. The molecule has 1 amide bonds. The molecule has 0 bridgehead atoms. The van der Waals surface area contributed by atoms with Crippen LogP contribution in [0.1, 0.15) is 29.5 Å². The van der Waals surface area contributed by atoms with Gasteiger partial charge in [0.1, 0.15) is 18.4 Å². The molecule has 3 aromatic rings. The second-order valence-electron chi connectivity index (χ2n) is 6.32. The van der Waals surface area contributed by atoms with Gasteiger partial charge in [0.15, 0.2) is 0 Å². The van der Waals surface area contributed by atoms with Gasteiger partial charge in [-0.1, -0.05) is 48.5 Å². The molecule has 0 radical (unpaired) electrons. The van der Waals surface area contributed by atoms with Crippen molar-refractivity contribution in [2.45, 2.75) is 24.9 Å². The molecule has 0 aliphatic carbocycles. The predicted molar refractivity (Wildman–Crippen MR) is 96.6 cm³/mol. The fourth-order valence-corrected chi connectivity index (χ4v) is 3.32. The summed E-state index contributed by atoms with van der Waals surface area (Å²) in [5.41, 5.74) is 1.99. The molecule has 2 heterocycles. The first kappa shape index (κ1) is 16.3. The number of benzene rings is 2. The molecule has 0 saturated carbocycles. The number of hydrogen-bond acceptors (Lipinski definition) is 4. The van der Waals surface area contributed by atoms with Crippen molar-refractivity contribution in [2.75, 3.05) is 6.61 Å². The van der Waals surface area contributed by atoms with Crippen LogP contribution in [0.4, 0.5) is 0 Å². The van der Waals surface area contributed by atoms with Crippen LogP contribution in [0.2, 0.25) is 0 Å². The Hall–Kier alpha value is -3.15. The molecule has 2 atom stereocenters. The van der Waals surface area contributed by atoms with Gasteiger partial charge in [-0.15, -0.1) is 0 Å². The van der Waals surface area contributed by atoms with Gasteiger partial charge < -0.3 is 10.1 Å². The normalized spacial score (nSPS) is 17.0. The molecule has 4 rings (SSSR count). The minimum absolute atomic E-state index is 0.00900. The number of ether oxygens (including phenoxy) is 1. The fourth-order valence-electron chi connectivity index (χ4n) is 3.32. The summed E-state index contributed by atoms with van der Waals surface area (Å²) in [7, 11) is 0. The van der Waals surface area contributed by atoms with Crippen LogP contribution in [-0.4, -0.2) is 27.3 Å². The Morgan fingerprint density at radius 2 is 2.00 bits per heavy atom. The highest BCUT2D eigenvalue weighted by Crippen LogP contribution is 2.34. The molecule has 1 aromatic heterocycles. The van der Waals surface area contributed by atoms with Crippen LogP contribution in [-0.2, 0) is 11.3 Å². The van der Waals surface area contributed by atoms with Crippen molar-refractivity contribution in [1.29, 1.82) is 0 Å². The van der Waals surface area contributed by atoms with Gasteiger partial charge in [0.25, 0.3) is 0 Å². The summed E-state index contributed by atoms with van der Waals surface area (Å²) in [4.78, 5) is 17.1. The third-order valence-electron chi connectivity index (χ3n) is 4.63. The molecule has 0 saturated heterocycles. The number of hydrogen-bond donors (Lipinski definition) is 1. The summed E-state index contributed by atoms with van der Waals surface area (Å²) >= 11 is 0. The summed E-state index contributed by atoms with van der Waals surface area (Å²) in [6.07, 6.45) is 3.83. The highest BCUT2D eigenvalue weighted by Gasteiger charge is 2.29. The first-order chi connectivity index (χ1) is 12.8. The quantitative estimate of drug-likeness (QED) is 0.770. The van der Waals surface area contributed by atoms with Crippen molar-refractivity contribution in [1.82, 2.24) is 20.1 Å². The van der Waals surface area contributed by atoms with E-state index in [1.165, 1.54) is 6.33 Å². The molecule has 0 spiro atoms. The SMILES string of the molecule is O=C(N[C@@H](Cn1cncn1)c1ccccc1)[C@H]1CCOc2ccccc21. The second-order valence-corrected chi connectivity index (χ2v) is 6.32. The number of carbonyl (C=O) groups is 1. The molecule has 132 valence electrons. The van der Waals surface area contributed by atoms with Crippen molar-refractivity contribution in [3.05, 3.63) is 78.4 Å². The zero-order chi connectivity index (χ0) is 17.8. The van der Waals surface area contributed by atoms with Crippen LogP contribution in [0.3, 0.4) is 0 Å². The number of fused-ring (bicyclic) bond motifs is 1. The van der Waals surface area contributed by atoms with E-state index in [0.29, 0.717) is 19.6 Å². The smallest absolute Gasteiger partial charge is 0.228 e. The Labute approximate surface area is 151 Å².